The molecule has 0 fully saturated rings. The molecule has 1 rings (SSSR count). The number of nitrogen functional groups attached to an aromatic ring is 1. The molecule has 11 heavy (non-hydrogen) atoms. The van der Waals surface area contributed by atoms with Crippen molar-refractivity contribution in [2.75, 3.05) is 5.73 Å². The molecule has 0 aliphatic rings. The van der Waals surface area contributed by atoms with Crippen molar-refractivity contribution in [1.29, 1.82) is 0 Å². The van der Waals surface area contributed by atoms with Crippen molar-refractivity contribution < 1.29 is 10.0 Å². The van der Waals surface area contributed by atoms with Crippen LogP contribution in [0.15, 0.2) is 24.3 Å². The molecule has 3 nitrogen and oxygen atoms in total. The summed E-state index contributed by atoms with van der Waals surface area (Å²) in [7, 11) is 0. The van der Waals surface area contributed by atoms with Crippen LogP contribution < -0.4 is 5.73 Å². The zero-order valence-electron chi connectivity index (χ0n) is 6.36. The zero-order valence-corrected chi connectivity index (χ0v) is 6.36. The Morgan fingerprint density at radius 3 is 2.00 bits per heavy atom. The lowest BCUT2D eigenvalue weighted by Gasteiger charge is -1.93. The molecule has 1 radical (unpaired) electrons. The van der Waals surface area contributed by atoms with Crippen LogP contribution in [0.25, 0.3) is 0 Å². The fraction of sp³-hybridized carbons (Fsp3) is 0.143. The number of para-hydroxylation sites is 1. The van der Waals surface area contributed by atoms with Crippen molar-refractivity contribution in [1.82, 2.24) is 0 Å². The van der Waals surface area contributed by atoms with Gasteiger partial charge in [-0.1, -0.05) is 18.2 Å². The fourth-order valence-corrected chi connectivity index (χ4v) is 0.587. The topological polar surface area (TPSA) is 66.5 Å². The molecular weight excluding hydrogens is 141 g/mol. The largest absolute Gasteiger partial charge is 0.482 e. The van der Waals surface area contributed by atoms with Crippen molar-refractivity contribution in [3.05, 3.63) is 29.8 Å². The van der Waals surface area contributed by atoms with E-state index < -0.39 is 0 Å². The average Bonchev–Trinajstić information content (AvgIpc) is 1.97. The van der Waals surface area contributed by atoms with Crippen LogP contribution in [-0.4, -0.2) is 17.7 Å². The molecule has 0 amide bonds. The number of benzene rings is 1. The van der Waals surface area contributed by atoms with Crippen LogP contribution in [0.2, 0.25) is 0 Å². The summed E-state index contributed by atoms with van der Waals surface area (Å²) in [5.74, 6) is 0. The van der Waals surface area contributed by atoms with Gasteiger partial charge in [0.15, 0.2) is 0 Å². The predicted octanol–water partition coefficient (Wildman–Crippen LogP) is 0.0824. The first-order valence-corrected chi connectivity index (χ1v) is 3.13. The Balaban J connectivity index is 0.000000292. The normalized spacial score (nSPS) is 7.91. The van der Waals surface area contributed by atoms with E-state index in [9.17, 15) is 0 Å². The van der Waals surface area contributed by atoms with Crippen LogP contribution in [0.3, 0.4) is 0 Å². The van der Waals surface area contributed by atoms with Gasteiger partial charge in [-0.05, 0) is 18.6 Å². The summed E-state index contributed by atoms with van der Waals surface area (Å²) in [6, 6.07) is 7.80. The lowest BCUT2D eigenvalue weighted by molar-refractivity contribution is 0.448. The lowest BCUT2D eigenvalue weighted by atomic mass is 10.2. The minimum atomic E-state index is 0. The minimum absolute atomic E-state index is 0. The van der Waals surface area contributed by atoms with E-state index >= 15 is 0 Å². The third kappa shape index (κ3) is 4.41. The minimum Gasteiger partial charge on any atom is -0.429 e. The van der Waals surface area contributed by atoms with E-state index in [2.05, 4.69) is 0 Å². The molecule has 0 aliphatic carbocycles. The van der Waals surface area contributed by atoms with Crippen LogP contribution in [0.4, 0.5) is 5.69 Å². The molecule has 0 unspecified atom stereocenters. The molecule has 1 aromatic carbocycles. The first-order valence-electron chi connectivity index (χ1n) is 3.13. The second kappa shape index (κ2) is 5.76. The zero-order chi connectivity index (χ0) is 8.69. The summed E-state index contributed by atoms with van der Waals surface area (Å²) in [6.07, 6.45) is 0. The molecule has 0 aromatic heterocycles. The highest BCUT2D eigenvalue weighted by Crippen LogP contribution is 2.06. The highest BCUT2D eigenvalue weighted by molar-refractivity contribution is 6.13. The maximum Gasteiger partial charge on any atom is 0.482 e. The van der Waals surface area contributed by atoms with E-state index in [1.165, 1.54) is 0 Å². The highest BCUT2D eigenvalue weighted by Gasteiger charge is 1.84. The molecule has 0 aliphatic heterocycles. The third-order valence-corrected chi connectivity index (χ3v) is 1.19. The van der Waals surface area contributed by atoms with Gasteiger partial charge in [-0.3, -0.25) is 0 Å². The second-order valence-electron chi connectivity index (χ2n) is 1.97. The van der Waals surface area contributed by atoms with Crippen LogP contribution in [0, 0.1) is 6.92 Å². The Kier molecular flexibility index (Phi) is 5.24. The second-order valence-corrected chi connectivity index (χ2v) is 1.97. The summed E-state index contributed by atoms with van der Waals surface area (Å²) in [4.78, 5) is 0. The molecule has 0 atom stereocenters. The van der Waals surface area contributed by atoms with Crippen molar-refractivity contribution in [2.45, 2.75) is 6.92 Å². The van der Waals surface area contributed by atoms with Gasteiger partial charge in [0, 0.05) is 5.69 Å². The van der Waals surface area contributed by atoms with Gasteiger partial charge in [0.2, 0.25) is 0 Å². The SMILES string of the molecule is Cc1ccccc1N.O[B]O. The van der Waals surface area contributed by atoms with Gasteiger partial charge in [-0.25, -0.2) is 0 Å². The van der Waals surface area contributed by atoms with Crippen molar-refractivity contribution >= 4 is 13.4 Å². The van der Waals surface area contributed by atoms with E-state index in [0.717, 1.165) is 11.3 Å². The van der Waals surface area contributed by atoms with Crippen molar-refractivity contribution in [3.63, 3.8) is 0 Å². The first kappa shape index (κ1) is 10.0. The number of hydrogen-bond acceptors (Lipinski definition) is 3. The molecule has 4 heteroatoms. The smallest absolute Gasteiger partial charge is 0.429 e. The van der Waals surface area contributed by atoms with E-state index in [1.54, 1.807) is 0 Å². The Hall–Kier alpha value is -0.995. The molecular formula is C7H11BNO2. The van der Waals surface area contributed by atoms with Crippen LogP contribution in [-0.2, 0) is 0 Å². The number of aryl methyl sites for hydroxylation is 1. The van der Waals surface area contributed by atoms with Gasteiger partial charge in [-0.2, -0.15) is 0 Å². The Labute approximate surface area is 66.8 Å². The Morgan fingerprint density at radius 2 is 1.73 bits per heavy atom. The Morgan fingerprint density at radius 1 is 1.27 bits per heavy atom. The van der Waals surface area contributed by atoms with Crippen LogP contribution in [0.1, 0.15) is 5.56 Å². The molecule has 0 saturated heterocycles. The van der Waals surface area contributed by atoms with Crippen molar-refractivity contribution in [2.24, 2.45) is 0 Å². The van der Waals surface area contributed by atoms with Gasteiger partial charge >= 0.3 is 7.69 Å². The Bertz CT molecular complexity index is 184. The number of anilines is 1. The van der Waals surface area contributed by atoms with Gasteiger partial charge < -0.3 is 15.8 Å². The number of nitrogens with two attached hydrogens (primary N) is 1. The van der Waals surface area contributed by atoms with Crippen molar-refractivity contribution in [3.8, 4) is 0 Å². The predicted molar refractivity (Wildman–Crippen MR) is 45.8 cm³/mol. The van der Waals surface area contributed by atoms with E-state index in [0.29, 0.717) is 0 Å². The maximum atomic E-state index is 7.00. The standard InChI is InChI=1S/C7H9N.BH2O2/c1-6-4-2-3-5-7(6)8;2-1-3/h2-5H,8H2,1H3;2-3H. The molecule has 0 saturated carbocycles. The maximum absolute atomic E-state index is 7.00. The summed E-state index contributed by atoms with van der Waals surface area (Å²) < 4.78 is 0. The molecule has 0 spiro atoms. The van der Waals surface area contributed by atoms with Gasteiger partial charge in [0.25, 0.3) is 0 Å². The first-order chi connectivity index (χ1) is 5.22. The summed E-state index contributed by atoms with van der Waals surface area (Å²) in [5.41, 5.74) is 7.53. The quantitative estimate of drug-likeness (QED) is 0.364. The van der Waals surface area contributed by atoms with E-state index in [-0.39, 0.29) is 7.69 Å². The van der Waals surface area contributed by atoms with E-state index in [1.807, 2.05) is 31.2 Å². The summed E-state index contributed by atoms with van der Waals surface area (Å²) in [5, 5.41) is 14.0. The van der Waals surface area contributed by atoms with Crippen LogP contribution in [0.5, 0.6) is 0 Å². The fourth-order valence-electron chi connectivity index (χ4n) is 0.587. The van der Waals surface area contributed by atoms with Gasteiger partial charge in [-0.15, -0.1) is 0 Å². The number of rotatable bonds is 0. The third-order valence-electron chi connectivity index (χ3n) is 1.19. The summed E-state index contributed by atoms with van der Waals surface area (Å²) in [6.45, 7) is 2.00. The van der Waals surface area contributed by atoms with E-state index in [4.69, 9.17) is 15.8 Å². The van der Waals surface area contributed by atoms with Gasteiger partial charge in [0.05, 0.1) is 0 Å². The number of hydrogen-bond donors (Lipinski definition) is 3. The molecule has 59 valence electrons. The molecule has 0 heterocycles. The summed E-state index contributed by atoms with van der Waals surface area (Å²) >= 11 is 0. The lowest BCUT2D eigenvalue weighted by Crippen LogP contribution is -1.85. The highest BCUT2D eigenvalue weighted by atomic mass is 16.4. The van der Waals surface area contributed by atoms with Crippen LogP contribution >= 0.6 is 0 Å². The molecule has 4 N–H and O–H groups in total. The molecule has 0 bridgehead atoms. The molecule has 1 aromatic rings. The average molecular weight is 152 g/mol. The monoisotopic (exact) mass is 152 g/mol. The van der Waals surface area contributed by atoms with Gasteiger partial charge in [0.1, 0.15) is 0 Å².